The summed E-state index contributed by atoms with van der Waals surface area (Å²) in [5, 5.41) is 8.50. The highest BCUT2D eigenvalue weighted by atomic mass is 14.3. The van der Waals surface area contributed by atoms with E-state index in [9.17, 15) is 0 Å². The number of hydrogen-bond donors (Lipinski definition) is 0. The monoisotopic (exact) mass is 121 g/mol. The van der Waals surface area contributed by atoms with E-state index in [0.717, 1.165) is 25.7 Å². The lowest BCUT2D eigenvalue weighted by Gasteiger charge is -2.16. The molecule has 9 heavy (non-hydrogen) atoms. The molecule has 0 aromatic carbocycles. The summed E-state index contributed by atoms with van der Waals surface area (Å²) in [5.74, 6) is 0.315. The molecule has 0 N–H and O–H groups in total. The fraction of sp³-hybridized carbons (Fsp3) is 0.625. The average molecular weight is 121 g/mol. The molecular formula is C8H11N. The van der Waals surface area contributed by atoms with E-state index in [2.05, 4.69) is 12.6 Å². The van der Waals surface area contributed by atoms with Crippen molar-refractivity contribution in [2.75, 3.05) is 0 Å². The molecule has 0 unspecified atom stereocenters. The van der Waals surface area contributed by atoms with E-state index < -0.39 is 0 Å². The molecule has 48 valence electrons. The molecule has 0 atom stereocenters. The zero-order valence-electron chi connectivity index (χ0n) is 5.56. The molecule has 1 aliphatic rings. The third-order valence-electron chi connectivity index (χ3n) is 1.88. The van der Waals surface area contributed by atoms with Crippen molar-refractivity contribution in [3.05, 3.63) is 12.2 Å². The molecule has 0 aliphatic heterocycles. The summed E-state index contributed by atoms with van der Waals surface area (Å²) < 4.78 is 0. The molecule has 1 heteroatoms. The Morgan fingerprint density at radius 1 is 1.44 bits per heavy atom. The minimum Gasteiger partial charge on any atom is -0.198 e. The summed E-state index contributed by atoms with van der Waals surface area (Å²) in [6.45, 7) is 3.87. The van der Waals surface area contributed by atoms with Gasteiger partial charge in [0.05, 0.1) is 6.07 Å². The summed E-state index contributed by atoms with van der Waals surface area (Å²) in [6.07, 6.45) is 4.21. The van der Waals surface area contributed by atoms with Crippen LogP contribution in [0.2, 0.25) is 0 Å². The number of allylic oxidation sites excluding steroid dienone is 1. The highest BCUT2D eigenvalue weighted by Gasteiger charge is 2.13. The highest BCUT2D eigenvalue weighted by Crippen LogP contribution is 2.25. The van der Waals surface area contributed by atoms with Gasteiger partial charge in [-0.05, 0) is 25.7 Å². The van der Waals surface area contributed by atoms with Crippen LogP contribution in [0.3, 0.4) is 0 Å². The van der Waals surface area contributed by atoms with Gasteiger partial charge in [-0.15, -0.1) is 0 Å². The van der Waals surface area contributed by atoms with E-state index in [1.165, 1.54) is 5.57 Å². The third kappa shape index (κ3) is 1.57. The molecule has 0 spiro atoms. The van der Waals surface area contributed by atoms with Crippen molar-refractivity contribution in [3.8, 4) is 6.07 Å². The lowest BCUT2D eigenvalue weighted by atomic mass is 9.88. The van der Waals surface area contributed by atoms with Crippen LogP contribution in [-0.4, -0.2) is 0 Å². The van der Waals surface area contributed by atoms with Gasteiger partial charge in [0.25, 0.3) is 0 Å². The van der Waals surface area contributed by atoms with Crippen LogP contribution < -0.4 is 0 Å². The summed E-state index contributed by atoms with van der Waals surface area (Å²) in [7, 11) is 0. The van der Waals surface area contributed by atoms with Crippen molar-refractivity contribution in [1.82, 2.24) is 0 Å². The Bertz CT molecular complexity index is 142. The number of hydrogen-bond acceptors (Lipinski definition) is 1. The second-order valence-corrected chi connectivity index (χ2v) is 2.65. The fourth-order valence-electron chi connectivity index (χ4n) is 1.16. The largest absolute Gasteiger partial charge is 0.198 e. The lowest BCUT2D eigenvalue weighted by molar-refractivity contribution is 0.499. The Labute approximate surface area is 56.0 Å². The predicted octanol–water partition coefficient (Wildman–Crippen LogP) is 2.26. The van der Waals surface area contributed by atoms with Crippen LogP contribution in [0.5, 0.6) is 0 Å². The maximum absolute atomic E-state index is 8.50. The minimum absolute atomic E-state index is 0.315. The fourth-order valence-corrected chi connectivity index (χ4v) is 1.16. The second-order valence-electron chi connectivity index (χ2n) is 2.65. The van der Waals surface area contributed by atoms with Gasteiger partial charge in [0.1, 0.15) is 0 Å². The smallest absolute Gasteiger partial charge is 0.0656 e. The van der Waals surface area contributed by atoms with E-state index in [1.807, 2.05) is 0 Å². The molecule has 0 heterocycles. The molecule has 0 bridgehead atoms. The quantitative estimate of drug-likeness (QED) is 0.451. The molecule has 1 fully saturated rings. The van der Waals surface area contributed by atoms with Gasteiger partial charge < -0.3 is 0 Å². The minimum atomic E-state index is 0.315. The molecule has 0 aromatic heterocycles. The number of nitrogens with zero attached hydrogens (tertiary/aromatic N) is 1. The predicted molar refractivity (Wildman–Crippen MR) is 36.7 cm³/mol. The Morgan fingerprint density at radius 3 is 2.44 bits per heavy atom. The topological polar surface area (TPSA) is 23.8 Å². The Hall–Kier alpha value is -0.770. The number of rotatable bonds is 0. The van der Waals surface area contributed by atoms with E-state index in [-0.39, 0.29) is 0 Å². The lowest BCUT2D eigenvalue weighted by Crippen LogP contribution is -2.04. The standard InChI is InChI=1S/C8H11N/c1-7-2-4-8(6-9)5-3-7/h8H,1-5H2. The first kappa shape index (κ1) is 6.35. The summed E-state index contributed by atoms with van der Waals surface area (Å²) in [4.78, 5) is 0. The molecule has 1 aliphatic carbocycles. The molecule has 0 radical (unpaired) electrons. The van der Waals surface area contributed by atoms with E-state index in [1.54, 1.807) is 0 Å². The van der Waals surface area contributed by atoms with Gasteiger partial charge in [-0.2, -0.15) is 5.26 Å². The van der Waals surface area contributed by atoms with Crippen molar-refractivity contribution >= 4 is 0 Å². The van der Waals surface area contributed by atoms with Crippen LogP contribution in [0.4, 0.5) is 0 Å². The van der Waals surface area contributed by atoms with Crippen molar-refractivity contribution in [2.45, 2.75) is 25.7 Å². The van der Waals surface area contributed by atoms with Gasteiger partial charge in [-0.3, -0.25) is 0 Å². The molecule has 0 amide bonds. The first-order valence-corrected chi connectivity index (χ1v) is 3.39. The molecule has 0 aromatic rings. The normalized spacial score (nSPS) is 21.4. The van der Waals surface area contributed by atoms with Crippen LogP contribution in [0.15, 0.2) is 12.2 Å². The van der Waals surface area contributed by atoms with Crippen LogP contribution >= 0.6 is 0 Å². The van der Waals surface area contributed by atoms with Crippen molar-refractivity contribution < 1.29 is 0 Å². The zero-order chi connectivity index (χ0) is 6.69. The van der Waals surface area contributed by atoms with E-state index >= 15 is 0 Å². The summed E-state index contributed by atoms with van der Waals surface area (Å²) in [5.41, 5.74) is 1.32. The Balaban J connectivity index is 2.37. The first-order valence-electron chi connectivity index (χ1n) is 3.39. The Kier molecular flexibility index (Phi) is 1.89. The van der Waals surface area contributed by atoms with Crippen molar-refractivity contribution in [2.24, 2.45) is 5.92 Å². The molecule has 1 rings (SSSR count). The Morgan fingerprint density at radius 2 is 2.00 bits per heavy atom. The second kappa shape index (κ2) is 2.68. The maximum atomic E-state index is 8.50. The van der Waals surface area contributed by atoms with Crippen LogP contribution in [-0.2, 0) is 0 Å². The molecular weight excluding hydrogens is 110 g/mol. The van der Waals surface area contributed by atoms with Crippen LogP contribution in [0.25, 0.3) is 0 Å². The van der Waals surface area contributed by atoms with Gasteiger partial charge in [-0.1, -0.05) is 12.2 Å². The van der Waals surface area contributed by atoms with Gasteiger partial charge in [0, 0.05) is 5.92 Å². The van der Waals surface area contributed by atoms with E-state index in [0.29, 0.717) is 5.92 Å². The third-order valence-corrected chi connectivity index (χ3v) is 1.88. The zero-order valence-corrected chi connectivity index (χ0v) is 5.56. The maximum Gasteiger partial charge on any atom is 0.0656 e. The molecule has 1 nitrogen and oxygen atoms in total. The first-order chi connectivity index (χ1) is 4.33. The molecule has 0 saturated heterocycles. The van der Waals surface area contributed by atoms with Gasteiger partial charge in [0.15, 0.2) is 0 Å². The van der Waals surface area contributed by atoms with Crippen LogP contribution in [0, 0.1) is 17.2 Å². The summed E-state index contributed by atoms with van der Waals surface area (Å²) >= 11 is 0. The highest BCUT2D eigenvalue weighted by molar-refractivity contribution is 5.02. The van der Waals surface area contributed by atoms with E-state index in [4.69, 9.17) is 5.26 Å². The van der Waals surface area contributed by atoms with Gasteiger partial charge in [-0.25, -0.2) is 0 Å². The van der Waals surface area contributed by atoms with Crippen molar-refractivity contribution in [1.29, 1.82) is 5.26 Å². The summed E-state index contributed by atoms with van der Waals surface area (Å²) in [6, 6.07) is 2.28. The van der Waals surface area contributed by atoms with Gasteiger partial charge in [0.2, 0.25) is 0 Å². The van der Waals surface area contributed by atoms with Crippen molar-refractivity contribution in [3.63, 3.8) is 0 Å². The molecule has 1 saturated carbocycles. The number of nitriles is 1. The SMILES string of the molecule is C=C1CCC(C#N)CC1. The van der Waals surface area contributed by atoms with Gasteiger partial charge >= 0.3 is 0 Å². The average Bonchev–Trinajstić information content (AvgIpc) is 1.90. The van der Waals surface area contributed by atoms with Crippen LogP contribution in [0.1, 0.15) is 25.7 Å².